The molecule has 0 bridgehead atoms. The van der Waals surface area contributed by atoms with Gasteiger partial charge in [-0.25, -0.2) is 9.67 Å². The van der Waals surface area contributed by atoms with E-state index in [4.69, 9.17) is 14.7 Å². The van der Waals surface area contributed by atoms with E-state index in [2.05, 4.69) is 15.4 Å². The van der Waals surface area contributed by atoms with Gasteiger partial charge >= 0.3 is 6.18 Å². The van der Waals surface area contributed by atoms with Crippen molar-refractivity contribution in [2.45, 2.75) is 6.18 Å². The lowest BCUT2D eigenvalue weighted by molar-refractivity contribution is -0.137. The first-order valence-corrected chi connectivity index (χ1v) is 9.05. The van der Waals surface area contributed by atoms with Crippen LogP contribution in [0.15, 0.2) is 55.1 Å². The first-order valence-electron chi connectivity index (χ1n) is 9.05. The lowest BCUT2D eigenvalue weighted by Gasteiger charge is -2.13. The Bertz CT molecular complexity index is 1170. The summed E-state index contributed by atoms with van der Waals surface area (Å²) < 4.78 is 51.1. The van der Waals surface area contributed by atoms with Crippen LogP contribution in [0, 0.1) is 11.3 Å². The Balaban J connectivity index is 1.82. The molecule has 0 radical (unpaired) electrons. The second-order valence-corrected chi connectivity index (χ2v) is 6.25. The largest absolute Gasteiger partial charge is 0.493 e. The Kier molecular flexibility index (Phi) is 6.74. The molecule has 0 aliphatic carbocycles. The molecule has 1 amide bonds. The molecule has 0 spiro atoms. The Morgan fingerprint density at radius 1 is 1.25 bits per heavy atom. The number of alkyl halides is 3. The first-order chi connectivity index (χ1) is 15.3. The fourth-order valence-electron chi connectivity index (χ4n) is 2.71. The molecule has 32 heavy (non-hydrogen) atoms. The van der Waals surface area contributed by atoms with Crippen molar-refractivity contribution in [2.75, 3.05) is 19.0 Å². The van der Waals surface area contributed by atoms with Gasteiger partial charge < -0.3 is 14.8 Å². The number of hydrogen-bond acceptors (Lipinski definition) is 6. The minimum absolute atomic E-state index is 0.0854. The minimum atomic E-state index is -4.58. The number of aromatic nitrogens is 3. The van der Waals surface area contributed by atoms with E-state index < -0.39 is 17.6 Å². The van der Waals surface area contributed by atoms with Gasteiger partial charge in [0.1, 0.15) is 18.7 Å². The maximum atomic E-state index is 13.1. The fraction of sp³-hybridized carbons (Fsp3) is 0.143. The number of carbonyl (C=O) groups excluding carboxylic acids is 1. The number of nitriles is 1. The summed E-state index contributed by atoms with van der Waals surface area (Å²) in [6.07, 6.45) is 0.559. The van der Waals surface area contributed by atoms with Gasteiger partial charge in [0.05, 0.1) is 24.0 Å². The molecule has 0 atom stereocenters. The molecular weight excluding hydrogens is 427 g/mol. The average Bonchev–Trinajstić information content (AvgIpc) is 3.30. The SMILES string of the molecule is COc1cc(/C=C/C(=O)Nc2cc(C(F)(F)F)ccc2-n2cncn2)ccc1OCC#N. The van der Waals surface area contributed by atoms with E-state index in [1.807, 2.05) is 6.07 Å². The van der Waals surface area contributed by atoms with Crippen LogP contribution in [0.3, 0.4) is 0 Å². The number of nitrogens with one attached hydrogen (secondary N) is 1. The monoisotopic (exact) mass is 443 g/mol. The quantitative estimate of drug-likeness (QED) is 0.557. The highest BCUT2D eigenvalue weighted by Gasteiger charge is 2.31. The van der Waals surface area contributed by atoms with Gasteiger partial charge in [-0.1, -0.05) is 6.07 Å². The number of hydrogen-bond donors (Lipinski definition) is 1. The Labute approximate surface area is 180 Å². The molecule has 1 aromatic heterocycles. The third-order valence-corrected chi connectivity index (χ3v) is 4.15. The van der Waals surface area contributed by atoms with E-state index in [0.29, 0.717) is 17.1 Å². The van der Waals surface area contributed by atoms with Gasteiger partial charge in [-0.05, 0) is 42.0 Å². The van der Waals surface area contributed by atoms with Crippen molar-refractivity contribution < 1.29 is 27.4 Å². The van der Waals surface area contributed by atoms with E-state index in [-0.39, 0.29) is 18.0 Å². The van der Waals surface area contributed by atoms with Gasteiger partial charge in [0, 0.05) is 6.08 Å². The van der Waals surface area contributed by atoms with E-state index in [9.17, 15) is 18.0 Å². The number of anilines is 1. The molecule has 164 valence electrons. The van der Waals surface area contributed by atoms with Gasteiger partial charge in [-0.3, -0.25) is 4.79 Å². The van der Waals surface area contributed by atoms with Crippen molar-refractivity contribution in [2.24, 2.45) is 0 Å². The molecule has 8 nitrogen and oxygen atoms in total. The highest BCUT2D eigenvalue weighted by molar-refractivity contribution is 6.03. The highest BCUT2D eigenvalue weighted by atomic mass is 19.4. The number of benzene rings is 2. The summed E-state index contributed by atoms with van der Waals surface area (Å²) >= 11 is 0. The maximum Gasteiger partial charge on any atom is 0.416 e. The predicted molar refractivity (Wildman–Crippen MR) is 108 cm³/mol. The molecule has 2 aromatic carbocycles. The smallest absolute Gasteiger partial charge is 0.416 e. The Morgan fingerprint density at radius 2 is 2.06 bits per heavy atom. The van der Waals surface area contributed by atoms with Gasteiger partial charge in [0.2, 0.25) is 5.91 Å². The molecular formula is C21H16F3N5O3. The molecule has 0 aliphatic heterocycles. The average molecular weight is 443 g/mol. The molecule has 0 aliphatic rings. The molecule has 1 heterocycles. The van der Waals surface area contributed by atoms with E-state index in [0.717, 1.165) is 18.2 Å². The number of rotatable bonds is 7. The summed E-state index contributed by atoms with van der Waals surface area (Å²) in [6.45, 7) is -0.154. The summed E-state index contributed by atoms with van der Waals surface area (Å²) in [7, 11) is 1.42. The van der Waals surface area contributed by atoms with Gasteiger partial charge in [-0.15, -0.1) is 0 Å². The fourth-order valence-corrected chi connectivity index (χ4v) is 2.71. The summed E-state index contributed by atoms with van der Waals surface area (Å²) in [5, 5.41) is 15.0. The normalized spacial score (nSPS) is 11.2. The van der Waals surface area contributed by atoms with Crippen LogP contribution in [-0.2, 0) is 11.0 Å². The molecule has 0 saturated carbocycles. The third-order valence-electron chi connectivity index (χ3n) is 4.15. The van der Waals surface area contributed by atoms with Crippen LogP contribution >= 0.6 is 0 Å². The zero-order valence-electron chi connectivity index (χ0n) is 16.6. The van der Waals surface area contributed by atoms with Crippen molar-refractivity contribution >= 4 is 17.7 Å². The molecule has 3 aromatic rings. The van der Waals surface area contributed by atoms with Crippen LogP contribution in [0.2, 0.25) is 0 Å². The zero-order chi connectivity index (χ0) is 23.1. The van der Waals surface area contributed by atoms with Crippen LogP contribution in [-0.4, -0.2) is 34.4 Å². The number of halogens is 3. The standard InChI is InChI=1S/C21H16F3N5O3/c1-31-19-10-14(2-6-18(19)32-9-8-25)3-7-20(30)28-16-11-15(21(22,23)24)4-5-17(16)29-13-26-12-27-29/h2-7,10-13H,9H2,1H3,(H,28,30)/b7-3+. The maximum absolute atomic E-state index is 13.1. The molecule has 0 unspecified atom stereocenters. The van der Waals surface area contributed by atoms with Crippen LogP contribution < -0.4 is 14.8 Å². The third kappa shape index (κ3) is 5.42. The van der Waals surface area contributed by atoms with Crippen LogP contribution in [0.4, 0.5) is 18.9 Å². The highest BCUT2D eigenvalue weighted by Crippen LogP contribution is 2.33. The minimum Gasteiger partial charge on any atom is -0.493 e. The number of carbonyl (C=O) groups is 1. The molecule has 1 N–H and O–H groups in total. The lowest BCUT2D eigenvalue weighted by atomic mass is 10.1. The van der Waals surface area contributed by atoms with Crippen molar-refractivity contribution in [3.8, 4) is 23.3 Å². The number of methoxy groups -OCH3 is 1. The van der Waals surface area contributed by atoms with Gasteiger partial charge in [0.15, 0.2) is 18.1 Å². The van der Waals surface area contributed by atoms with Crippen molar-refractivity contribution in [3.63, 3.8) is 0 Å². The lowest BCUT2D eigenvalue weighted by Crippen LogP contribution is -2.13. The van der Waals surface area contributed by atoms with Crippen LogP contribution in [0.5, 0.6) is 11.5 Å². The molecule has 3 rings (SSSR count). The summed E-state index contributed by atoms with van der Waals surface area (Å²) in [6, 6.07) is 9.55. The van der Waals surface area contributed by atoms with E-state index in [1.54, 1.807) is 18.2 Å². The Hall–Kier alpha value is -4.33. The zero-order valence-corrected chi connectivity index (χ0v) is 16.6. The van der Waals surface area contributed by atoms with Crippen molar-refractivity contribution in [1.82, 2.24) is 14.8 Å². The van der Waals surface area contributed by atoms with Crippen LogP contribution in [0.25, 0.3) is 11.8 Å². The van der Waals surface area contributed by atoms with E-state index >= 15 is 0 Å². The molecule has 0 saturated heterocycles. The number of amides is 1. The number of ether oxygens (including phenoxy) is 2. The Morgan fingerprint density at radius 3 is 2.72 bits per heavy atom. The van der Waals surface area contributed by atoms with Crippen molar-refractivity contribution in [3.05, 3.63) is 66.3 Å². The second-order valence-electron chi connectivity index (χ2n) is 6.25. The van der Waals surface area contributed by atoms with Crippen molar-refractivity contribution in [1.29, 1.82) is 5.26 Å². The summed E-state index contributed by atoms with van der Waals surface area (Å²) in [5.74, 6) is 0.0562. The second kappa shape index (κ2) is 9.65. The topological polar surface area (TPSA) is 102 Å². The predicted octanol–water partition coefficient (Wildman–Crippen LogP) is 3.85. The number of nitrogens with zero attached hydrogens (tertiary/aromatic N) is 4. The molecule has 11 heteroatoms. The van der Waals surface area contributed by atoms with E-state index in [1.165, 1.54) is 36.6 Å². The first kappa shape index (κ1) is 22.4. The molecule has 0 fully saturated rings. The van der Waals surface area contributed by atoms with Gasteiger partial charge in [-0.2, -0.15) is 23.5 Å². The van der Waals surface area contributed by atoms with Crippen LogP contribution in [0.1, 0.15) is 11.1 Å². The summed E-state index contributed by atoms with van der Waals surface area (Å²) in [4.78, 5) is 16.2. The summed E-state index contributed by atoms with van der Waals surface area (Å²) in [5.41, 5.74) is -0.212. The van der Waals surface area contributed by atoms with Gasteiger partial charge in [0.25, 0.3) is 0 Å².